The molecule has 0 bridgehead atoms. The zero-order chi connectivity index (χ0) is 54.9. The summed E-state index contributed by atoms with van der Waals surface area (Å²) in [7, 11) is 0. The Labute approximate surface area is 485 Å². The van der Waals surface area contributed by atoms with E-state index in [9.17, 15) is 1.37 Å². The van der Waals surface area contributed by atoms with E-state index in [-0.39, 0.29) is 31.9 Å². The van der Waals surface area contributed by atoms with Crippen molar-refractivity contribution in [1.82, 2.24) is 19.1 Å². The zero-order valence-electron chi connectivity index (χ0n) is 47.7. The Morgan fingerprint density at radius 1 is 0.600 bits per heavy atom. The van der Waals surface area contributed by atoms with E-state index in [0.717, 1.165) is 142 Å². The van der Waals surface area contributed by atoms with Crippen molar-refractivity contribution in [2.75, 3.05) is 0 Å². The summed E-state index contributed by atoms with van der Waals surface area (Å²) < 4.78 is 21.4. The van der Waals surface area contributed by atoms with Crippen LogP contribution in [0, 0.1) is 17.5 Å². The standard InChI is InChI=1S/C74H64N4O.Pt/c1-72(2,3)53-37-40-75-68(44-53)77-63-23-14-12-19-55(63)56-32-30-52(42-66(56)77)54-20-16-21-57-59(54)45-60(70-69(57)58-33-29-51(43-67(58)79-70)48-27-25-47(26-28-48)49-35-38-74(7,8)39-36-49)71-76-62-22-13-15-24-65(62)78(71)64-34-31-50(41-61(64)73(4,5)6)46-17-10-9-11-18-46;/h9-34,37,40-41,43-44,49H,35-36,38-39H2,1-8H3;/q-2;+2/i49D;. The molecule has 0 N–H and O–H groups in total. The molecule has 4 heterocycles. The zero-order valence-corrected chi connectivity index (χ0v) is 49.0. The Balaban J connectivity index is 0.00000618. The SMILES string of the molecule is [2H]C1(c2ccc(-c3ccc4c(c3)oc3c(-c5nc6ccccc6n5-c5ccc(-c6ccccc6)cc5C(C)(C)C)[c-]c5c(-c6[c-]c7c(cc6)c6ccccc6n7-c6cc(C(C)(C)C)ccn6)cccc5c34)cc2)CCC(C)(C)CC1.[Pt+2]. The fraction of sp³-hybridized carbons (Fsp3) is 0.216. The Morgan fingerprint density at radius 2 is 1.27 bits per heavy atom. The molecule has 1 saturated carbocycles. The van der Waals surface area contributed by atoms with Crippen molar-refractivity contribution in [3.63, 3.8) is 0 Å². The summed E-state index contributed by atoms with van der Waals surface area (Å²) in [6.07, 6.45) is 5.82. The number of hydrogen-bond acceptors (Lipinski definition) is 3. The number of furan rings is 1. The number of benzene rings is 9. The summed E-state index contributed by atoms with van der Waals surface area (Å²) in [6, 6.07) is 73.4. The number of nitrogens with zero attached hydrogens (tertiary/aromatic N) is 4. The Morgan fingerprint density at radius 3 is 2.05 bits per heavy atom. The number of para-hydroxylation sites is 3. The Kier molecular flexibility index (Phi) is 12.3. The van der Waals surface area contributed by atoms with Crippen LogP contribution in [0.1, 0.15) is 105 Å². The minimum atomic E-state index is -0.561. The van der Waals surface area contributed by atoms with Gasteiger partial charge in [0.1, 0.15) is 11.4 Å². The molecule has 14 rings (SSSR count). The minimum absolute atomic E-state index is 0. The third-order valence-corrected chi connectivity index (χ3v) is 17.0. The summed E-state index contributed by atoms with van der Waals surface area (Å²) in [5.74, 6) is 1.06. The third-order valence-electron chi connectivity index (χ3n) is 17.0. The van der Waals surface area contributed by atoms with Crippen LogP contribution in [0.15, 0.2) is 193 Å². The van der Waals surface area contributed by atoms with Gasteiger partial charge in [-0.2, -0.15) is 0 Å². The maximum Gasteiger partial charge on any atom is 2.00 e. The van der Waals surface area contributed by atoms with Crippen molar-refractivity contribution in [1.29, 1.82) is 0 Å². The fourth-order valence-corrected chi connectivity index (χ4v) is 12.5. The second-order valence-corrected chi connectivity index (χ2v) is 24.8. The Bertz CT molecular complexity index is 4590. The van der Waals surface area contributed by atoms with Gasteiger partial charge in [-0.15, -0.1) is 40.8 Å². The normalized spacial score (nSPS) is 14.8. The van der Waals surface area contributed by atoms with E-state index < -0.39 is 5.89 Å². The van der Waals surface area contributed by atoms with Crippen molar-refractivity contribution >= 4 is 65.6 Å². The molecule has 9 aromatic carbocycles. The molecule has 0 spiro atoms. The molecule has 1 aliphatic carbocycles. The second kappa shape index (κ2) is 19.5. The van der Waals surface area contributed by atoms with E-state index in [1.807, 2.05) is 6.20 Å². The van der Waals surface area contributed by atoms with Crippen LogP contribution >= 0.6 is 0 Å². The molecule has 5 nitrogen and oxygen atoms in total. The van der Waals surface area contributed by atoms with Crippen LogP contribution in [-0.4, -0.2) is 19.1 Å². The molecule has 13 aromatic rings. The number of rotatable bonds is 7. The number of fused-ring (bicyclic) bond motifs is 9. The fourth-order valence-electron chi connectivity index (χ4n) is 12.5. The summed E-state index contributed by atoms with van der Waals surface area (Å²) in [5.41, 5.74) is 17.2. The van der Waals surface area contributed by atoms with Gasteiger partial charge in [0.2, 0.25) is 0 Å². The molecule has 4 aromatic heterocycles. The number of imidazole rings is 1. The van der Waals surface area contributed by atoms with Crippen LogP contribution in [0.2, 0.25) is 0 Å². The van der Waals surface area contributed by atoms with Gasteiger partial charge in [-0.05, 0) is 157 Å². The van der Waals surface area contributed by atoms with E-state index in [1.165, 1.54) is 22.3 Å². The van der Waals surface area contributed by atoms with Crippen molar-refractivity contribution in [3.8, 4) is 56.3 Å². The topological polar surface area (TPSA) is 48.8 Å². The Hall–Kier alpha value is -7.85. The summed E-state index contributed by atoms with van der Waals surface area (Å²) >= 11 is 0. The molecule has 0 radical (unpaired) electrons. The molecule has 1 fully saturated rings. The molecule has 80 heavy (non-hydrogen) atoms. The van der Waals surface area contributed by atoms with Gasteiger partial charge in [0.25, 0.3) is 0 Å². The van der Waals surface area contributed by atoms with E-state index in [2.05, 4.69) is 259 Å². The van der Waals surface area contributed by atoms with E-state index in [1.54, 1.807) is 0 Å². The molecule has 0 unspecified atom stereocenters. The third kappa shape index (κ3) is 8.81. The second-order valence-electron chi connectivity index (χ2n) is 24.8. The summed E-state index contributed by atoms with van der Waals surface area (Å²) in [4.78, 5) is 10.6. The summed E-state index contributed by atoms with van der Waals surface area (Å²) in [6.45, 7) is 18.3. The van der Waals surface area contributed by atoms with Crippen molar-refractivity contribution in [3.05, 3.63) is 217 Å². The predicted octanol–water partition coefficient (Wildman–Crippen LogP) is 20.1. The first kappa shape index (κ1) is 50.4. The van der Waals surface area contributed by atoms with Crippen molar-refractivity contribution in [2.24, 2.45) is 5.41 Å². The van der Waals surface area contributed by atoms with Crippen LogP contribution in [0.25, 0.3) is 122 Å². The molecule has 0 amide bonds. The van der Waals surface area contributed by atoms with Crippen LogP contribution in [0.4, 0.5) is 0 Å². The molecule has 6 heteroatoms. The quantitative estimate of drug-likeness (QED) is 0.149. The molecule has 0 aliphatic heterocycles. The number of pyridine rings is 1. The maximum atomic E-state index is 9.50. The van der Waals surface area contributed by atoms with Gasteiger partial charge in [0.05, 0.1) is 22.4 Å². The van der Waals surface area contributed by atoms with Gasteiger partial charge in [-0.3, -0.25) is 4.98 Å². The maximum absolute atomic E-state index is 9.50. The monoisotopic (exact) mass is 1220 g/mol. The molecule has 1 aliphatic rings. The van der Waals surface area contributed by atoms with Crippen molar-refractivity contribution < 1.29 is 26.9 Å². The molecule has 396 valence electrons. The first-order valence-electron chi connectivity index (χ1n) is 28.6. The molecular formula is C74H64N4OPt. The van der Waals surface area contributed by atoms with Crippen LogP contribution in [0.3, 0.4) is 0 Å². The van der Waals surface area contributed by atoms with Gasteiger partial charge in [-0.1, -0.05) is 187 Å². The van der Waals surface area contributed by atoms with Gasteiger partial charge < -0.3 is 13.6 Å². The minimum Gasteiger partial charge on any atom is -0.491 e. The summed E-state index contributed by atoms with van der Waals surface area (Å²) in [5, 5.41) is 6.28. The van der Waals surface area contributed by atoms with Gasteiger partial charge >= 0.3 is 21.1 Å². The van der Waals surface area contributed by atoms with Gasteiger partial charge in [0.15, 0.2) is 0 Å². The largest absolute Gasteiger partial charge is 2.00 e. The van der Waals surface area contributed by atoms with E-state index in [4.69, 9.17) is 14.4 Å². The van der Waals surface area contributed by atoms with Crippen LogP contribution < -0.4 is 0 Å². The van der Waals surface area contributed by atoms with Crippen LogP contribution in [0.5, 0.6) is 0 Å². The van der Waals surface area contributed by atoms with Gasteiger partial charge in [-0.25, -0.2) is 4.98 Å². The van der Waals surface area contributed by atoms with Crippen LogP contribution in [-0.2, 0) is 31.9 Å². The van der Waals surface area contributed by atoms with E-state index in [0.29, 0.717) is 5.41 Å². The van der Waals surface area contributed by atoms with Gasteiger partial charge in [0, 0.05) is 24.2 Å². The predicted molar refractivity (Wildman–Crippen MR) is 330 cm³/mol. The average molecular weight is 1220 g/mol. The first-order chi connectivity index (χ1) is 38.5. The van der Waals surface area contributed by atoms with E-state index >= 15 is 0 Å². The number of hydrogen-bond donors (Lipinski definition) is 0. The average Bonchev–Trinajstić information content (AvgIpc) is 4.19. The smallest absolute Gasteiger partial charge is 0.491 e. The molecule has 0 saturated heterocycles. The first-order valence-corrected chi connectivity index (χ1v) is 28.1. The molecular weight excluding hydrogens is 1160 g/mol. The number of aromatic nitrogens is 4. The molecule has 0 atom stereocenters. The van der Waals surface area contributed by atoms with Crippen molar-refractivity contribution in [2.45, 2.75) is 97.8 Å².